The average molecular weight is 354 g/mol. The Bertz CT molecular complexity index is 8.00. The summed E-state index contributed by atoms with van der Waals surface area (Å²) in [6, 6.07) is 0. The van der Waals surface area contributed by atoms with Gasteiger partial charge in [0.05, 0.1) is 0 Å². The minimum Gasteiger partial charge on any atom is 0 e. The molecule has 0 amide bonds. The molecule has 0 saturated heterocycles. The third kappa shape index (κ3) is 9.12. The predicted octanol–water partition coefficient (Wildman–Crippen LogP) is -1.04. The maximum Gasteiger partial charge on any atom is 0 e. The molecule has 0 fully saturated rings. The second kappa shape index (κ2) is 20.9. The van der Waals surface area contributed by atoms with Gasteiger partial charge in [-0.2, -0.15) is 0 Å². The molecule has 0 bridgehead atoms. The largest absolute Gasteiger partial charge is 0 e. The minimum atomic E-state index is 0. The van der Waals surface area contributed by atoms with Gasteiger partial charge in [-0.25, -0.2) is 0 Å². The molecule has 0 aromatic rings. The van der Waals surface area contributed by atoms with Crippen molar-refractivity contribution in [3.63, 3.8) is 0 Å². The Kier molecular flexibility index (Phi) is 88.3. The van der Waals surface area contributed by atoms with Gasteiger partial charge in [-0.3, -0.25) is 0 Å². The van der Waals surface area contributed by atoms with Crippen LogP contribution in [0.25, 0.3) is 0 Å². The van der Waals surface area contributed by atoms with Gasteiger partial charge >= 0.3 is 47.1 Å². The molecule has 1 nitrogen and oxygen atoms in total. The van der Waals surface area contributed by atoms with Crippen LogP contribution < -0.4 is 0 Å². The van der Waals surface area contributed by atoms with Crippen molar-refractivity contribution >= 4 is 27.3 Å². The molecular weight excluding hydrogens is 352 g/mol. The first-order valence-corrected chi connectivity index (χ1v) is 0.508. The molecule has 4 heavy (non-hydrogen) atoms. The fourth-order valence-corrected chi connectivity index (χ4v) is 0. The van der Waals surface area contributed by atoms with E-state index in [9.17, 15) is 0 Å². The van der Waals surface area contributed by atoms with Gasteiger partial charge in [0.15, 0.2) is 0 Å². The van der Waals surface area contributed by atoms with Crippen LogP contribution in [-0.4, -0.2) is 27.3 Å². The van der Waals surface area contributed by atoms with Crippen LogP contribution in [0, 0.1) is 0 Å². The summed E-state index contributed by atoms with van der Waals surface area (Å²) in [6.07, 6.45) is 0. The topological polar surface area (TPSA) is 17.1 Å². The van der Waals surface area contributed by atoms with Crippen molar-refractivity contribution in [1.29, 1.82) is 0 Å². The van der Waals surface area contributed by atoms with E-state index in [-0.39, 0.29) is 46.8 Å². The molecular formula is H2CuOPbZn. The van der Waals surface area contributed by atoms with Gasteiger partial charge in [0.1, 0.15) is 0 Å². The van der Waals surface area contributed by atoms with E-state index in [0.717, 1.165) is 0 Å². The second-order valence-electron chi connectivity index (χ2n) is 0. The van der Waals surface area contributed by atoms with E-state index in [1.165, 1.54) is 0 Å². The minimum absolute atomic E-state index is 0. The Balaban J connectivity index is -0.00000000500. The molecule has 0 heterocycles. The van der Waals surface area contributed by atoms with E-state index >= 15 is 0 Å². The zero-order valence-electron chi connectivity index (χ0n) is 2.12. The van der Waals surface area contributed by atoms with Crippen molar-refractivity contribution in [1.82, 2.24) is 0 Å². The SMILES string of the molecule is [O]=[Cu].[PbH2].[Zn]. The molecule has 0 atom stereocenters. The first-order chi connectivity index (χ1) is 1.00. The van der Waals surface area contributed by atoms with Crippen LogP contribution in [0.15, 0.2) is 0 Å². The van der Waals surface area contributed by atoms with Crippen LogP contribution in [0.5, 0.6) is 0 Å². The van der Waals surface area contributed by atoms with Gasteiger partial charge in [0.25, 0.3) is 0 Å². The summed E-state index contributed by atoms with van der Waals surface area (Å²) >= 11 is 2.94. The van der Waals surface area contributed by atoms with Gasteiger partial charge in [0.2, 0.25) is 0 Å². The molecule has 0 aliphatic heterocycles. The van der Waals surface area contributed by atoms with Crippen LogP contribution in [0.1, 0.15) is 0 Å². The average Bonchev–Trinajstić information content (AvgIpc) is 1.00. The van der Waals surface area contributed by atoms with Gasteiger partial charge in [-0.1, -0.05) is 0 Å². The molecule has 0 aliphatic rings. The smallest absolute Gasteiger partial charge is 0 e. The Labute approximate surface area is 65.8 Å². The molecule has 25 valence electrons. The monoisotopic (exact) mass is 353 g/mol. The van der Waals surface area contributed by atoms with Crippen molar-refractivity contribution in [2.75, 3.05) is 0 Å². The van der Waals surface area contributed by atoms with Crippen molar-refractivity contribution in [2.24, 2.45) is 0 Å². The maximum absolute atomic E-state index is 7.81. The molecule has 0 aromatic heterocycles. The predicted molar refractivity (Wildman–Crippen MR) is 9.23 cm³/mol. The molecule has 0 aliphatic carbocycles. The Hall–Kier alpha value is 1.86. The summed E-state index contributed by atoms with van der Waals surface area (Å²) in [5, 5.41) is 0. The fraction of sp³-hybridized carbons (Fsp3) is 0. The molecule has 0 aromatic carbocycles. The molecule has 0 spiro atoms. The zero-order chi connectivity index (χ0) is 2.00. The Morgan fingerprint density at radius 3 is 1.25 bits per heavy atom. The normalized spacial score (nSPS) is 1.50. The second-order valence-corrected chi connectivity index (χ2v) is 0. The van der Waals surface area contributed by atoms with Gasteiger partial charge < -0.3 is 0 Å². The van der Waals surface area contributed by atoms with Gasteiger partial charge in [-0.15, -0.1) is 0 Å². The van der Waals surface area contributed by atoms with Crippen LogP contribution in [0.4, 0.5) is 0 Å². The molecule has 0 saturated carbocycles. The third-order valence-corrected chi connectivity index (χ3v) is 0. The van der Waals surface area contributed by atoms with Crippen molar-refractivity contribution in [3.8, 4) is 0 Å². The zero-order valence-corrected chi connectivity index (χ0v) is 11.5. The van der Waals surface area contributed by atoms with Gasteiger partial charge in [0, 0.05) is 19.5 Å². The van der Waals surface area contributed by atoms with E-state index < -0.39 is 0 Å². The summed E-state index contributed by atoms with van der Waals surface area (Å²) in [4.78, 5) is 0. The van der Waals surface area contributed by atoms with Crippen LogP contribution in [0.3, 0.4) is 0 Å². The van der Waals surface area contributed by atoms with Gasteiger partial charge in [-0.05, 0) is 0 Å². The molecule has 0 rings (SSSR count). The Morgan fingerprint density at radius 2 is 1.25 bits per heavy atom. The summed E-state index contributed by atoms with van der Waals surface area (Å²) < 4.78 is 7.81. The van der Waals surface area contributed by atoms with Crippen LogP contribution >= 0.6 is 0 Å². The van der Waals surface area contributed by atoms with Crippen LogP contribution in [0.2, 0.25) is 0 Å². The number of hydrogen-bond acceptors (Lipinski definition) is 1. The fourth-order valence-electron chi connectivity index (χ4n) is 0. The molecule has 2 radical (unpaired) electrons. The summed E-state index contributed by atoms with van der Waals surface area (Å²) in [6.45, 7) is 0. The van der Waals surface area contributed by atoms with Crippen molar-refractivity contribution in [3.05, 3.63) is 0 Å². The molecule has 0 N–H and O–H groups in total. The summed E-state index contributed by atoms with van der Waals surface area (Å²) in [5.41, 5.74) is 0. The van der Waals surface area contributed by atoms with E-state index in [0.29, 0.717) is 0 Å². The summed E-state index contributed by atoms with van der Waals surface area (Å²) in [5.74, 6) is 0. The van der Waals surface area contributed by atoms with Crippen molar-refractivity contribution < 1.29 is 39.3 Å². The molecule has 4 heteroatoms. The standard InChI is InChI=1S/Cu.O.Pb.Zn.2H. The first-order valence-electron chi connectivity index (χ1n) is 0.123. The third-order valence-electron chi connectivity index (χ3n) is 0. The van der Waals surface area contributed by atoms with E-state index in [2.05, 4.69) is 15.9 Å². The molecule has 0 unspecified atom stereocenters. The number of rotatable bonds is 0. The van der Waals surface area contributed by atoms with Crippen LogP contribution in [-0.2, 0) is 39.3 Å². The van der Waals surface area contributed by atoms with E-state index in [1.54, 1.807) is 0 Å². The summed E-state index contributed by atoms with van der Waals surface area (Å²) in [7, 11) is 0. The van der Waals surface area contributed by atoms with Crippen molar-refractivity contribution in [2.45, 2.75) is 0 Å². The first kappa shape index (κ1) is 16.9. The quantitative estimate of drug-likeness (QED) is 0.508. The Morgan fingerprint density at radius 1 is 1.25 bits per heavy atom. The number of hydrogen-bond donors (Lipinski definition) is 0. The van der Waals surface area contributed by atoms with E-state index in [4.69, 9.17) is 3.83 Å². The van der Waals surface area contributed by atoms with E-state index in [1.807, 2.05) is 0 Å². The maximum atomic E-state index is 7.81.